The number of rotatable bonds is 4. The molecule has 5 heteroatoms. The summed E-state index contributed by atoms with van der Waals surface area (Å²) in [7, 11) is 0. The zero-order valence-electron chi connectivity index (χ0n) is 20.6. The SMILES string of the molecule is CC(C)O.CC(C)O.CC(C)O.CCC(C)(C)c1ccc(C(C)(C)CC)[n-]1.[Zr]. The van der Waals surface area contributed by atoms with Crippen LogP contribution in [0.3, 0.4) is 0 Å². The van der Waals surface area contributed by atoms with Gasteiger partial charge in [-0.3, -0.25) is 0 Å². The number of nitrogens with zero attached hydrogens (tertiary/aromatic N) is 1. The van der Waals surface area contributed by atoms with Crippen LogP contribution < -0.4 is 4.98 Å². The van der Waals surface area contributed by atoms with E-state index in [1.807, 2.05) is 0 Å². The minimum atomic E-state index is -0.167. The summed E-state index contributed by atoms with van der Waals surface area (Å²) in [5, 5.41) is 24.2. The standard InChI is InChI=1S/C14H24N.3C3H8O.Zr/c1-7-13(3,4)11-9-10-12(15-11)14(5,6)8-2;3*1-3(2)4;/h9-10H,7-8H2,1-6H3;3*3-4H,1-2H3;/q-1;;;;. The quantitative estimate of drug-likeness (QED) is 0.559. The zero-order chi connectivity index (χ0) is 22.4. The van der Waals surface area contributed by atoms with Crippen molar-refractivity contribution in [1.82, 2.24) is 4.98 Å². The molecule has 0 spiro atoms. The van der Waals surface area contributed by atoms with Gasteiger partial charge >= 0.3 is 0 Å². The van der Waals surface area contributed by atoms with Gasteiger partial charge < -0.3 is 20.3 Å². The van der Waals surface area contributed by atoms with Crippen molar-refractivity contribution in [2.24, 2.45) is 0 Å². The second-order valence-electron chi connectivity index (χ2n) is 8.97. The van der Waals surface area contributed by atoms with Gasteiger partial charge in [0.15, 0.2) is 0 Å². The molecule has 0 saturated carbocycles. The van der Waals surface area contributed by atoms with Crippen molar-refractivity contribution in [2.75, 3.05) is 0 Å². The van der Waals surface area contributed by atoms with Crippen LogP contribution in [0.25, 0.3) is 0 Å². The molecule has 1 heterocycles. The van der Waals surface area contributed by atoms with Crippen LogP contribution >= 0.6 is 0 Å². The van der Waals surface area contributed by atoms with Crippen molar-refractivity contribution in [3.63, 3.8) is 0 Å². The molecule has 0 aliphatic rings. The molecule has 28 heavy (non-hydrogen) atoms. The summed E-state index contributed by atoms with van der Waals surface area (Å²) in [6, 6.07) is 4.38. The molecule has 0 aliphatic carbocycles. The fourth-order valence-electron chi connectivity index (χ4n) is 1.48. The Balaban J connectivity index is -0.000000183. The van der Waals surface area contributed by atoms with Gasteiger partial charge in [-0.15, -0.1) is 0 Å². The summed E-state index contributed by atoms with van der Waals surface area (Å²) >= 11 is 0. The molecular weight excluding hydrogens is 429 g/mol. The molecule has 168 valence electrons. The van der Waals surface area contributed by atoms with E-state index in [0.29, 0.717) is 0 Å². The molecule has 1 aromatic heterocycles. The summed E-state index contributed by atoms with van der Waals surface area (Å²) in [6.07, 6.45) is 1.77. The molecular formula is C23H48NO3Zr-. The predicted octanol–water partition coefficient (Wildman–Crippen LogP) is 5.18. The van der Waals surface area contributed by atoms with E-state index in [4.69, 9.17) is 20.3 Å². The molecule has 0 fully saturated rings. The molecule has 0 bridgehead atoms. The molecule has 1 aromatic rings. The molecule has 3 N–H and O–H groups in total. The number of aromatic nitrogens is 1. The van der Waals surface area contributed by atoms with Crippen LogP contribution in [-0.2, 0) is 37.0 Å². The molecule has 0 unspecified atom stereocenters. The first-order chi connectivity index (χ1) is 12.0. The van der Waals surface area contributed by atoms with Crippen LogP contribution in [0.5, 0.6) is 0 Å². The first-order valence-corrected chi connectivity index (χ1v) is 10.2. The third-order valence-corrected chi connectivity index (χ3v) is 3.79. The third-order valence-electron chi connectivity index (χ3n) is 3.79. The van der Waals surface area contributed by atoms with Crippen LogP contribution in [0.2, 0.25) is 0 Å². The van der Waals surface area contributed by atoms with E-state index in [1.165, 1.54) is 11.4 Å². The van der Waals surface area contributed by atoms with E-state index >= 15 is 0 Å². The molecule has 0 saturated heterocycles. The fourth-order valence-corrected chi connectivity index (χ4v) is 1.48. The summed E-state index contributed by atoms with van der Waals surface area (Å²) in [5.74, 6) is 0. The largest absolute Gasteiger partial charge is 0.664 e. The van der Waals surface area contributed by atoms with Gasteiger partial charge in [-0.2, -0.15) is 11.4 Å². The molecule has 0 aromatic carbocycles. The molecule has 0 atom stereocenters. The van der Waals surface area contributed by atoms with Crippen LogP contribution in [0.4, 0.5) is 0 Å². The topological polar surface area (TPSA) is 74.8 Å². The van der Waals surface area contributed by atoms with Gasteiger partial charge in [-0.1, -0.05) is 53.7 Å². The molecule has 0 aliphatic heterocycles. The molecule has 4 nitrogen and oxygen atoms in total. The van der Waals surface area contributed by atoms with Crippen molar-refractivity contribution in [1.29, 1.82) is 0 Å². The maximum atomic E-state index is 8.06. The minimum absolute atomic E-state index is 0. The summed E-state index contributed by atoms with van der Waals surface area (Å²) in [4.78, 5) is 4.80. The Morgan fingerprint density at radius 2 is 0.857 bits per heavy atom. The van der Waals surface area contributed by atoms with Gasteiger partial charge in [0.05, 0.1) is 0 Å². The number of aliphatic hydroxyl groups excluding tert-OH is 3. The van der Waals surface area contributed by atoms with E-state index in [-0.39, 0.29) is 55.3 Å². The smallest absolute Gasteiger partial charge is 0.0483 e. The van der Waals surface area contributed by atoms with Crippen molar-refractivity contribution in [2.45, 2.75) is 125 Å². The maximum absolute atomic E-state index is 8.06. The summed E-state index contributed by atoms with van der Waals surface area (Å²) in [5.41, 5.74) is 2.90. The number of hydrogen-bond donors (Lipinski definition) is 3. The normalized spacial score (nSPS) is 10.9. The first-order valence-electron chi connectivity index (χ1n) is 10.2. The molecule has 1 rings (SSSR count). The van der Waals surface area contributed by atoms with E-state index in [9.17, 15) is 0 Å². The van der Waals surface area contributed by atoms with Gasteiger partial charge in [-0.05, 0) is 65.2 Å². The number of aliphatic hydroxyl groups is 3. The molecule has 0 amide bonds. The first kappa shape index (κ1) is 35.5. The minimum Gasteiger partial charge on any atom is -0.664 e. The summed E-state index contributed by atoms with van der Waals surface area (Å²) < 4.78 is 0. The Labute approximate surface area is 194 Å². The second kappa shape index (κ2) is 17.9. The second-order valence-corrected chi connectivity index (χ2v) is 8.97. The van der Waals surface area contributed by atoms with Crippen LogP contribution in [0, 0.1) is 0 Å². The Morgan fingerprint density at radius 1 is 0.679 bits per heavy atom. The molecule has 0 radical (unpaired) electrons. The van der Waals surface area contributed by atoms with Crippen LogP contribution in [0.1, 0.15) is 107 Å². The fraction of sp³-hybridized carbons (Fsp3) is 0.826. The van der Waals surface area contributed by atoms with Crippen molar-refractivity contribution < 1.29 is 41.5 Å². The van der Waals surface area contributed by atoms with E-state index < -0.39 is 0 Å². The maximum Gasteiger partial charge on any atom is 0.0483 e. The van der Waals surface area contributed by atoms with Crippen LogP contribution in [0.15, 0.2) is 12.1 Å². The van der Waals surface area contributed by atoms with E-state index in [0.717, 1.165) is 12.8 Å². The predicted molar refractivity (Wildman–Crippen MR) is 118 cm³/mol. The van der Waals surface area contributed by atoms with Crippen molar-refractivity contribution in [3.8, 4) is 0 Å². The van der Waals surface area contributed by atoms with Gasteiger partial charge in [0.2, 0.25) is 0 Å². The third kappa shape index (κ3) is 22.3. The van der Waals surface area contributed by atoms with Gasteiger partial charge in [0.25, 0.3) is 0 Å². The van der Waals surface area contributed by atoms with Gasteiger partial charge in [-0.25, -0.2) is 0 Å². The summed E-state index contributed by atoms with van der Waals surface area (Å²) in [6.45, 7) is 23.8. The number of hydrogen-bond acceptors (Lipinski definition) is 3. The Hall–Kier alpha value is 0.0431. The van der Waals surface area contributed by atoms with Gasteiger partial charge in [0.1, 0.15) is 0 Å². The average molecular weight is 478 g/mol. The Morgan fingerprint density at radius 3 is 1.00 bits per heavy atom. The Kier molecular flexibility index (Phi) is 22.6. The van der Waals surface area contributed by atoms with Crippen LogP contribution in [-0.4, -0.2) is 33.6 Å². The van der Waals surface area contributed by atoms with E-state index in [1.54, 1.807) is 41.5 Å². The zero-order valence-corrected chi connectivity index (χ0v) is 23.0. The van der Waals surface area contributed by atoms with Crippen molar-refractivity contribution >= 4 is 0 Å². The monoisotopic (exact) mass is 476 g/mol. The average Bonchev–Trinajstić information content (AvgIpc) is 2.97. The van der Waals surface area contributed by atoms with Gasteiger partial charge in [0, 0.05) is 44.5 Å². The van der Waals surface area contributed by atoms with Crippen molar-refractivity contribution in [3.05, 3.63) is 23.5 Å². The Bertz CT molecular complexity index is 399. The van der Waals surface area contributed by atoms with E-state index in [2.05, 4.69) is 53.7 Å².